The maximum atomic E-state index is 11.3. The molecule has 0 aliphatic carbocycles. The number of hydrogen-bond donors (Lipinski definition) is 0. The van der Waals surface area contributed by atoms with Gasteiger partial charge < -0.3 is 0 Å². The second-order valence-electron chi connectivity index (χ2n) is 3.07. The first-order valence-electron chi connectivity index (χ1n) is 4.06. The van der Waals surface area contributed by atoms with Crippen LogP contribution in [0.5, 0.6) is 0 Å². The number of carbonyl (C=O) groups excluding carboxylic acids is 3. The standard InChI is InChI=1S/C9H11NO3/c1-6-5-8(12)10(9(6)13)4-3-7(2)11/h5H,3-4H2,1-2H3. The molecule has 0 aromatic heterocycles. The number of rotatable bonds is 3. The lowest BCUT2D eigenvalue weighted by atomic mass is 10.3. The van der Waals surface area contributed by atoms with E-state index < -0.39 is 0 Å². The van der Waals surface area contributed by atoms with E-state index in [2.05, 4.69) is 0 Å². The van der Waals surface area contributed by atoms with Crippen LogP contribution in [-0.4, -0.2) is 29.0 Å². The first-order valence-corrected chi connectivity index (χ1v) is 4.06. The highest BCUT2D eigenvalue weighted by atomic mass is 16.2. The normalized spacial score (nSPS) is 16.5. The summed E-state index contributed by atoms with van der Waals surface area (Å²) in [6, 6.07) is 0. The van der Waals surface area contributed by atoms with Crippen LogP contribution in [0, 0.1) is 0 Å². The van der Waals surface area contributed by atoms with Crippen LogP contribution in [0.2, 0.25) is 0 Å². The van der Waals surface area contributed by atoms with Crippen molar-refractivity contribution in [2.75, 3.05) is 6.54 Å². The van der Waals surface area contributed by atoms with Gasteiger partial charge in [-0.3, -0.25) is 19.3 Å². The van der Waals surface area contributed by atoms with Crippen molar-refractivity contribution in [2.45, 2.75) is 20.3 Å². The molecule has 2 amide bonds. The highest BCUT2D eigenvalue weighted by molar-refractivity contribution is 6.15. The third kappa shape index (κ3) is 2.02. The van der Waals surface area contributed by atoms with Gasteiger partial charge in [0.1, 0.15) is 5.78 Å². The molecule has 0 saturated carbocycles. The molecule has 1 aliphatic rings. The van der Waals surface area contributed by atoms with Gasteiger partial charge in [-0.05, 0) is 13.8 Å². The van der Waals surface area contributed by atoms with E-state index in [4.69, 9.17) is 0 Å². The van der Waals surface area contributed by atoms with Crippen molar-refractivity contribution in [3.05, 3.63) is 11.6 Å². The van der Waals surface area contributed by atoms with Crippen LogP contribution >= 0.6 is 0 Å². The van der Waals surface area contributed by atoms with Gasteiger partial charge in [-0.15, -0.1) is 0 Å². The minimum absolute atomic E-state index is 0.0230. The van der Waals surface area contributed by atoms with E-state index in [1.54, 1.807) is 6.92 Å². The van der Waals surface area contributed by atoms with Crippen molar-refractivity contribution in [3.8, 4) is 0 Å². The summed E-state index contributed by atoms with van der Waals surface area (Å²) in [4.78, 5) is 34.1. The average molecular weight is 181 g/mol. The quantitative estimate of drug-likeness (QED) is 0.587. The van der Waals surface area contributed by atoms with Crippen LogP contribution in [0.1, 0.15) is 20.3 Å². The molecule has 0 saturated heterocycles. The summed E-state index contributed by atoms with van der Waals surface area (Å²) in [5, 5.41) is 0. The molecule has 0 atom stereocenters. The molecule has 1 heterocycles. The number of ketones is 1. The molecule has 4 heteroatoms. The smallest absolute Gasteiger partial charge is 0.256 e. The van der Waals surface area contributed by atoms with Gasteiger partial charge in [0.15, 0.2) is 0 Å². The Bertz CT molecular complexity index is 304. The molecule has 0 bridgehead atoms. The molecule has 1 aliphatic heterocycles. The van der Waals surface area contributed by atoms with Crippen molar-refractivity contribution >= 4 is 17.6 Å². The summed E-state index contributed by atoms with van der Waals surface area (Å²) in [6.45, 7) is 3.22. The Labute approximate surface area is 76.2 Å². The fraction of sp³-hybridized carbons (Fsp3) is 0.444. The van der Waals surface area contributed by atoms with E-state index in [0.29, 0.717) is 5.57 Å². The summed E-state index contributed by atoms with van der Waals surface area (Å²) in [5.41, 5.74) is 0.438. The average Bonchev–Trinajstić information content (AvgIpc) is 2.24. The maximum Gasteiger partial charge on any atom is 0.256 e. The Balaban J connectivity index is 2.59. The molecular formula is C9H11NO3. The van der Waals surface area contributed by atoms with Gasteiger partial charge in [0, 0.05) is 24.6 Å². The molecule has 4 nitrogen and oxygen atoms in total. The highest BCUT2D eigenvalue weighted by Gasteiger charge is 2.27. The van der Waals surface area contributed by atoms with Gasteiger partial charge in [0.25, 0.3) is 11.8 Å². The number of carbonyl (C=O) groups is 3. The van der Waals surface area contributed by atoms with Crippen molar-refractivity contribution in [1.29, 1.82) is 0 Å². The van der Waals surface area contributed by atoms with Crippen molar-refractivity contribution in [2.24, 2.45) is 0 Å². The van der Waals surface area contributed by atoms with Gasteiger partial charge in [-0.1, -0.05) is 0 Å². The Kier molecular flexibility index (Phi) is 2.60. The van der Waals surface area contributed by atoms with Gasteiger partial charge in [-0.2, -0.15) is 0 Å². The molecule has 0 spiro atoms. The molecular weight excluding hydrogens is 170 g/mol. The lowest BCUT2D eigenvalue weighted by Gasteiger charge is -2.12. The van der Waals surface area contributed by atoms with Crippen molar-refractivity contribution < 1.29 is 14.4 Å². The predicted octanol–water partition coefficient (Wildman–Crippen LogP) is 0.281. The zero-order valence-electron chi connectivity index (χ0n) is 7.66. The molecule has 13 heavy (non-hydrogen) atoms. The summed E-state index contributed by atoms with van der Waals surface area (Å²) in [7, 11) is 0. The topological polar surface area (TPSA) is 54.5 Å². The van der Waals surface area contributed by atoms with Gasteiger partial charge in [0.2, 0.25) is 0 Å². The van der Waals surface area contributed by atoms with Crippen LogP contribution in [0.15, 0.2) is 11.6 Å². The second-order valence-corrected chi connectivity index (χ2v) is 3.07. The lowest BCUT2D eigenvalue weighted by molar-refractivity contribution is -0.137. The zero-order chi connectivity index (χ0) is 10.0. The van der Waals surface area contributed by atoms with E-state index in [-0.39, 0.29) is 30.6 Å². The van der Waals surface area contributed by atoms with E-state index in [9.17, 15) is 14.4 Å². The Morgan fingerprint density at radius 2 is 2.08 bits per heavy atom. The van der Waals surface area contributed by atoms with E-state index in [1.165, 1.54) is 13.0 Å². The number of hydrogen-bond acceptors (Lipinski definition) is 3. The van der Waals surface area contributed by atoms with Crippen LogP contribution < -0.4 is 0 Å². The van der Waals surface area contributed by atoms with E-state index >= 15 is 0 Å². The largest absolute Gasteiger partial charge is 0.300 e. The third-order valence-electron chi connectivity index (χ3n) is 1.88. The van der Waals surface area contributed by atoms with Crippen molar-refractivity contribution in [3.63, 3.8) is 0 Å². The van der Waals surface area contributed by atoms with Crippen LogP contribution in [-0.2, 0) is 14.4 Å². The summed E-state index contributed by atoms with van der Waals surface area (Å²) < 4.78 is 0. The summed E-state index contributed by atoms with van der Waals surface area (Å²) >= 11 is 0. The molecule has 0 fully saturated rings. The van der Waals surface area contributed by atoms with Crippen LogP contribution in [0.25, 0.3) is 0 Å². The maximum absolute atomic E-state index is 11.3. The molecule has 0 unspecified atom stereocenters. The summed E-state index contributed by atoms with van der Waals surface area (Å²) in [6.07, 6.45) is 1.53. The zero-order valence-corrected chi connectivity index (χ0v) is 7.66. The minimum Gasteiger partial charge on any atom is -0.300 e. The minimum atomic E-state index is -0.316. The summed E-state index contributed by atoms with van der Waals surface area (Å²) in [5.74, 6) is -0.625. The first kappa shape index (κ1) is 9.64. The third-order valence-corrected chi connectivity index (χ3v) is 1.88. The van der Waals surface area contributed by atoms with Gasteiger partial charge in [-0.25, -0.2) is 0 Å². The number of nitrogens with zero attached hydrogens (tertiary/aromatic N) is 1. The van der Waals surface area contributed by atoms with Crippen molar-refractivity contribution in [1.82, 2.24) is 4.90 Å². The number of amides is 2. The number of imide groups is 1. The molecule has 0 N–H and O–H groups in total. The second kappa shape index (κ2) is 3.51. The van der Waals surface area contributed by atoms with Gasteiger partial charge >= 0.3 is 0 Å². The van der Waals surface area contributed by atoms with E-state index in [0.717, 1.165) is 4.90 Å². The molecule has 0 radical (unpaired) electrons. The molecule has 0 aromatic carbocycles. The predicted molar refractivity (Wildman–Crippen MR) is 45.8 cm³/mol. The highest BCUT2D eigenvalue weighted by Crippen LogP contribution is 2.11. The fourth-order valence-corrected chi connectivity index (χ4v) is 1.12. The lowest BCUT2D eigenvalue weighted by Crippen LogP contribution is -2.32. The Hall–Kier alpha value is -1.45. The fourth-order valence-electron chi connectivity index (χ4n) is 1.12. The molecule has 1 rings (SSSR count). The number of Topliss-reactive ketones (excluding diaryl/α,β-unsaturated/α-hetero) is 1. The Morgan fingerprint density at radius 1 is 1.46 bits per heavy atom. The monoisotopic (exact) mass is 181 g/mol. The van der Waals surface area contributed by atoms with E-state index in [1.807, 2.05) is 0 Å². The van der Waals surface area contributed by atoms with Gasteiger partial charge in [0.05, 0.1) is 0 Å². The molecule has 0 aromatic rings. The van der Waals surface area contributed by atoms with Crippen LogP contribution in [0.3, 0.4) is 0 Å². The SMILES string of the molecule is CC(=O)CCN1C(=O)C=C(C)C1=O. The van der Waals surface area contributed by atoms with Crippen LogP contribution in [0.4, 0.5) is 0 Å². The first-order chi connectivity index (χ1) is 6.02. The molecule has 70 valence electrons. The Morgan fingerprint density at radius 3 is 2.46 bits per heavy atom.